The lowest BCUT2D eigenvalue weighted by molar-refractivity contribution is -0.149. The van der Waals surface area contributed by atoms with Crippen molar-refractivity contribution in [2.45, 2.75) is 66.3 Å². The van der Waals surface area contributed by atoms with Crippen molar-refractivity contribution >= 4 is 5.97 Å². The molecular weight excluding hydrogens is 238 g/mol. The fraction of sp³-hybridized carbons (Fsp3) is 0.938. The van der Waals surface area contributed by atoms with Gasteiger partial charge in [-0.2, -0.15) is 0 Å². The second-order valence-electron chi connectivity index (χ2n) is 6.71. The van der Waals surface area contributed by atoms with Gasteiger partial charge < -0.3 is 4.74 Å². The Hall–Kier alpha value is -0.570. The minimum absolute atomic E-state index is 0.0424. The molecule has 1 aliphatic rings. The predicted octanol–water partition coefficient (Wildman–Crippen LogP) is 3.48. The van der Waals surface area contributed by atoms with E-state index in [0.29, 0.717) is 12.0 Å². The van der Waals surface area contributed by atoms with E-state index in [-0.39, 0.29) is 12.0 Å². The summed E-state index contributed by atoms with van der Waals surface area (Å²) in [4.78, 5) is 14.3. The molecule has 0 bridgehead atoms. The van der Waals surface area contributed by atoms with Crippen LogP contribution in [0.5, 0.6) is 0 Å². The van der Waals surface area contributed by atoms with Gasteiger partial charge in [-0.3, -0.25) is 9.69 Å². The Morgan fingerprint density at radius 3 is 2.47 bits per heavy atom. The van der Waals surface area contributed by atoms with E-state index < -0.39 is 0 Å². The van der Waals surface area contributed by atoms with Gasteiger partial charge in [-0.25, -0.2) is 0 Å². The van der Waals surface area contributed by atoms with E-state index >= 15 is 0 Å². The molecule has 0 aromatic carbocycles. The number of carbonyl (C=O) groups is 1. The second-order valence-corrected chi connectivity index (χ2v) is 6.71. The lowest BCUT2D eigenvalue weighted by atomic mass is 9.77. The van der Waals surface area contributed by atoms with Gasteiger partial charge in [0.05, 0.1) is 6.61 Å². The Kier molecular flexibility index (Phi) is 6.31. The Morgan fingerprint density at radius 1 is 1.26 bits per heavy atom. The van der Waals surface area contributed by atoms with Crippen LogP contribution in [0.15, 0.2) is 0 Å². The smallest absolute Gasteiger partial charge is 0.323 e. The van der Waals surface area contributed by atoms with Crippen molar-refractivity contribution in [3.05, 3.63) is 0 Å². The molecule has 0 aliphatic carbocycles. The molecule has 0 saturated carbocycles. The molecule has 0 spiro atoms. The van der Waals surface area contributed by atoms with Crippen LogP contribution in [0.3, 0.4) is 0 Å². The minimum Gasteiger partial charge on any atom is -0.465 e. The summed E-state index contributed by atoms with van der Waals surface area (Å²) in [6.07, 6.45) is 4.51. The van der Waals surface area contributed by atoms with Gasteiger partial charge in [0.1, 0.15) is 6.04 Å². The van der Waals surface area contributed by atoms with Crippen molar-refractivity contribution in [3.8, 4) is 0 Å². The zero-order chi connectivity index (χ0) is 14.5. The molecule has 2 atom stereocenters. The molecule has 0 radical (unpaired) electrons. The van der Waals surface area contributed by atoms with Crippen molar-refractivity contribution in [2.24, 2.45) is 11.3 Å². The van der Waals surface area contributed by atoms with Gasteiger partial charge in [-0.05, 0) is 57.0 Å². The first-order valence-electron chi connectivity index (χ1n) is 7.80. The number of hydrogen-bond donors (Lipinski definition) is 0. The summed E-state index contributed by atoms with van der Waals surface area (Å²) < 4.78 is 5.20. The highest BCUT2D eigenvalue weighted by Gasteiger charge is 2.31. The van der Waals surface area contributed by atoms with Crippen molar-refractivity contribution < 1.29 is 9.53 Å². The minimum atomic E-state index is -0.0429. The number of esters is 1. The molecule has 112 valence electrons. The largest absolute Gasteiger partial charge is 0.465 e. The summed E-state index contributed by atoms with van der Waals surface area (Å²) in [5, 5.41) is 0. The van der Waals surface area contributed by atoms with E-state index in [1.54, 1.807) is 0 Å². The number of likely N-dealkylation sites (tertiary alicyclic amines) is 1. The Labute approximate surface area is 118 Å². The van der Waals surface area contributed by atoms with Crippen molar-refractivity contribution in [1.82, 2.24) is 4.90 Å². The van der Waals surface area contributed by atoms with E-state index in [9.17, 15) is 4.79 Å². The summed E-state index contributed by atoms with van der Waals surface area (Å²) in [7, 11) is 0. The molecular formula is C16H31NO2. The first-order valence-corrected chi connectivity index (χ1v) is 7.80. The molecule has 1 rings (SSSR count). The maximum absolute atomic E-state index is 12.0. The normalized spacial score (nSPS) is 23.7. The summed E-state index contributed by atoms with van der Waals surface area (Å²) in [6, 6.07) is -0.0429. The van der Waals surface area contributed by atoms with Gasteiger partial charge in [0.15, 0.2) is 0 Å². The van der Waals surface area contributed by atoms with E-state index in [0.717, 1.165) is 25.4 Å². The van der Waals surface area contributed by atoms with E-state index in [2.05, 4.69) is 32.6 Å². The van der Waals surface area contributed by atoms with E-state index in [4.69, 9.17) is 4.74 Å². The summed E-state index contributed by atoms with van der Waals surface area (Å²) in [5.41, 5.74) is 0.377. The van der Waals surface area contributed by atoms with Crippen LogP contribution in [0.4, 0.5) is 0 Å². The molecule has 1 aliphatic heterocycles. The molecule has 0 aromatic rings. The van der Waals surface area contributed by atoms with Gasteiger partial charge in [-0.15, -0.1) is 0 Å². The first kappa shape index (κ1) is 16.5. The van der Waals surface area contributed by atoms with Crippen LogP contribution in [-0.2, 0) is 9.53 Å². The highest BCUT2D eigenvalue weighted by atomic mass is 16.5. The average molecular weight is 269 g/mol. The zero-order valence-electron chi connectivity index (χ0n) is 13.4. The topological polar surface area (TPSA) is 29.5 Å². The van der Waals surface area contributed by atoms with Crippen LogP contribution >= 0.6 is 0 Å². The average Bonchev–Trinajstić information content (AvgIpc) is 2.56. The van der Waals surface area contributed by atoms with Crippen LogP contribution < -0.4 is 0 Å². The number of hydrogen-bond acceptors (Lipinski definition) is 3. The van der Waals surface area contributed by atoms with Crippen molar-refractivity contribution in [1.29, 1.82) is 0 Å². The van der Waals surface area contributed by atoms with Crippen LogP contribution in [-0.4, -0.2) is 36.6 Å². The third kappa shape index (κ3) is 4.79. The third-order valence-corrected chi connectivity index (χ3v) is 4.37. The van der Waals surface area contributed by atoms with Gasteiger partial charge in [0.2, 0.25) is 0 Å². The number of ether oxygens (including phenoxy) is 1. The Bertz CT molecular complexity index is 283. The van der Waals surface area contributed by atoms with Crippen LogP contribution in [0.1, 0.15) is 60.3 Å². The maximum Gasteiger partial charge on any atom is 0.323 e. The summed E-state index contributed by atoms with van der Waals surface area (Å²) in [5.74, 6) is 0.719. The molecule has 0 N–H and O–H groups in total. The molecule has 0 amide bonds. The van der Waals surface area contributed by atoms with E-state index in [1.165, 1.54) is 19.3 Å². The lowest BCUT2D eigenvalue weighted by Gasteiger charge is -2.31. The lowest BCUT2D eigenvalue weighted by Crippen LogP contribution is -2.42. The van der Waals surface area contributed by atoms with E-state index in [1.807, 2.05) is 6.92 Å². The molecule has 3 heteroatoms. The third-order valence-electron chi connectivity index (χ3n) is 4.37. The predicted molar refractivity (Wildman–Crippen MR) is 79.1 cm³/mol. The van der Waals surface area contributed by atoms with Crippen LogP contribution in [0, 0.1) is 11.3 Å². The Morgan fingerprint density at radius 2 is 1.95 bits per heavy atom. The number of nitrogens with zero attached hydrogens (tertiary/aromatic N) is 1. The highest BCUT2D eigenvalue weighted by Crippen LogP contribution is 2.34. The fourth-order valence-corrected chi connectivity index (χ4v) is 3.11. The van der Waals surface area contributed by atoms with Gasteiger partial charge >= 0.3 is 5.97 Å². The molecule has 1 fully saturated rings. The maximum atomic E-state index is 12.0. The quantitative estimate of drug-likeness (QED) is 0.732. The van der Waals surface area contributed by atoms with Crippen LogP contribution in [0.2, 0.25) is 0 Å². The first-order chi connectivity index (χ1) is 8.90. The summed E-state index contributed by atoms with van der Waals surface area (Å²) >= 11 is 0. The number of carbonyl (C=O) groups excluding carboxylic acids is 1. The molecule has 2 unspecified atom stereocenters. The summed E-state index contributed by atoms with van der Waals surface area (Å²) in [6.45, 7) is 13.5. The Balaban J connectivity index is 2.62. The molecule has 1 saturated heterocycles. The van der Waals surface area contributed by atoms with Gasteiger partial charge in [0.25, 0.3) is 0 Å². The van der Waals surface area contributed by atoms with Gasteiger partial charge in [0, 0.05) is 0 Å². The molecule has 1 heterocycles. The molecule has 3 nitrogen and oxygen atoms in total. The zero-order valence-corrected chi connectivity index (χ0v) is 13.4. The fourth-order valence-electron chi connectivity index (χ4n) is 3.11. The van der Waals surface area contributed by atoms with Crippen LogP contribution in [0.25, 0.3) is 0 Å². The second kappa shape index (κ2) is 7.28. The molecule has 0 aromatic heterocycles. The van der Waals surface area contributed by atoms with Gasteiger partial charge in [-0.1, -0.05) is 27.7 Å². The molecule has 19 heavy (non-hydrogen) atoms. The highest BCUT2D eigenvalue weighted by molar-refractivity contribution is 5.75. The number of rotatable bonds is 4. The SMILES string of the molecule is CCOC(=O)C(CC)N1CCCC(C(C)(C)C)CC1. The monoisotopic (exact) mass is 269 g/mol. The standard InChI is InChI=1S/C16H31NO2/c1-6-14(15(18)19-7-2)17-11-8-9-13(10-12-17)16(3,4)5/h13-14H,6-12H2,1-5H3. The van der Waals surface area contributed by atoms with Crippen molar-refractivity contribution in [2.75, 3.05) is 19.7 Å². The van der Waals surface area contributed by atoms with Crippen molar-refractivity contribution in [3.63, 3.8) is 0 Å².